The van der Waals surface area contributed by atoms with E-state index in [1.165, 1.54) is 22.3 Å². The summed E-state index contributed by atoms with van der Waals surface area (Å²) in [6.45, 7) is 1.97. The zero-order valence-corrected chi connectivity index (χ0v) is 14.1. The highest BCUT2D eigenvalue weighted by atomic mass is 15.0. The molecule has 0 bridgehead atoms. The summed E-state index contributed by atoms with van der Waals surface area (Å²) >= 11 is 0. The van der Waals surface area contributed by atoms with Crippen molar-refractivity contribution in [3.8, 4) is 0 Å². The lowest BCUT2D eigenvalue weighted by Gasteiger charge is -2.09. The number of hydrogen-bond acceptors (Lipinski definition) is 2. The van der Waals surface area contributed by atoms with Crippen molar-refractivity contribution >= 4 is 12.2 Å². The zero-order chi connectivity index (χ0) is 15.9. The third kappa shape index (κ3) is 5.47. The van der Waals surface area contributed by atoms with E-state index in [2.05, 4.69) is 98.7 Å². The molecule has 22 heavy (non-hydrogen) atoms. The van der Waals surface area contributed by atoms with Crippen molar-refractivity contribution < 1.29 is 0 Å². The standard InChI is InChI=1S/C20H26N2/c1-21(2)15-19-11-7-17(8-12-19)5-6-18-9-13-20(14-10-18)16-22(3)4/h5-14H,15-16H2,1-4H3/b6-5-. The van der Waals surface area contributed by atoms with Gasteiger partial charge in [-0.2, -0.15) is 0 Å². The number of hydrogen-bond donors (Lipinski definition) is 0. The lowest BCUT2D eigenvalue weighted by atomic mass is 10.1. The van der Waals surface area contributed by atoms with Crippen LogP contribution in [0.1, 0.15) is 22.3 Å². The Balaban J connectivity index is 1.99. The quantitative estimate of drug-likeness (QED) is 0.744. The molecule has 2 rings (SSSR count). The summed E-state index contributed by atoms with van der Waals surface area (Å²) in [4.78, 5) is 4.36. The Morgan fingerprint density at radius 1 is 0.591 bits per heavy atom. The van der Waals surface area contributed by atoms with Gasteiger partial charge in [-0.05, 0) is 50.4 Å². The Labute approximate surface area is 134 Å². The number of nitrogens with zero attached hydrogens (tertiary/aromatic N) is 2. The van der Waals surface area contributed by atoms with Crippen LogP contribution in [-0.2, 0) is 13.1 Å². The highest BCUT2D eigenvalue weighted by Crippen LogP contribution is 2.12. The molecule has 0 N–H and O–H groups in total. The largest absolute Gasteiger partial charge is 0.305 e. The van der Waals surface area contributed by atoms with Gasteiger partial charge in [0.1, 0.15) is 0 Å². The first-order valence-electron chi connectivity index (χ1n) is 7.68. The molecule has 0 aliphatic rings. The van der Waals surface area contributed by atoms with E-state index in [1.807, 2.05) is 0 Å². The molecule has 0 atom stereocenters. The maximum atomic E-state index is 2.19. The average molecular weight is 294 g/mol. The summed E-state index contributed by atoms with van der Waals surface area (Å²) in [5.41, 5.74) is 5.16. The maximum absolute atomic E-state index is 2.19. The maximum Gasteiger partial charge on any atom is 0.0227 e. The molecule has 0 radical (unpaired) electrons. The van der Waals surface area contributed by atoms with E-state index >= 15 is 0 Å². The van der Waals surface area contributed by atoms with Crippen LogP contribution >= 0.6 is 0 Å². The molecule has 0 heterocycles. The third-order valence-electron chi connectivity index (χ3n) is 3.43. The van der Waals surface area contributed by atoms with E-state index in [0.717, 1.165) is 13.1 Å². The van der Waals surface area contributed by atoms with Crippen LogP contribution in [0.5, 0.6) is 0 Å². The van der Waals surface area contributed by atoms with Gasteiger partial charge < -0.3 is 9.80 Å². The van der Waals surface area contributed by atoms with Crippen LogP contribution in [0, 0.1) is 0 Å². The van der Waals surface area contributed by atoms with E-state index in [1.54, 1.807) is 0 Å². The fraction of sp³-hybridized carbons (Fsp3) is 0.300. The van der Waals surface area contributed by atoms with Crippen LogP contribution in [0.25, 0.3) is 12.2 Å². The highest BCUT2D eigenvalue weighted by Gasteiger charge is 1.96. The van der Waals surface area contributed by atoms with E-state index in [0.29, 0.717) is 0 Å². The Morgan fingerprint density at radius 2 is 0.909 bits per heavy atom. The predicted molar refractivity (Wildman–Crippen MR) is 96.6 cm³/mol. The number of rotatable bonds is 6. The molecule has 0 aliphatic carbocycles. The van der Waals surface area contributed by atoms with E-state index in [4.69, 9.17) is 0 Å². The van der Waals surface area contributed by atoms with Crippen LogP contribution in [0.4, 0.5) is 0 Å². The van der Waals surface area contributed by atoms with Gasteiger partial charge >= 0.3 is 0 Å². The molecule has 0 saturated carbocycles. The van der Waals surface area contributed by atoms with Gasteiger partial charge in [0.05, 0.1) is 0 Å². The smallest absolute Gasteiger partial charge is 0.0227 e. The molecule has 2 aromatic rings. The average Bonchev–Trinajstić information content (AvgIpc) is 2.47. The number of benzene rings is 2. The Morgan fingerprint density at radius 3 is 1.18 bits per heavy atom. The van der Waals surface area contributed by atoms with Gasteiger partial charge in [0.25, 0.3) is 0 Å². The van der Waals surface area contributed by atoms with Crippen LogP contribution in [-0.4, -0.2) is 38.0 Å². The normalized spacial score (nSPS) is 11.7. The predicted octanol–water partition coefficient (Wildman–Crippen LogP) is 3.98. The molecule has 0 amide bonds. The van der Waals surface area contributed by atoms with Crippen molar-refractivity contribution in [3.63, 3.8) is 0 Å². The summed E-state index contributed by atoms with van der Waals surface area (Å²) in [7, 11) is 8.36. The Hall–Kier alpha value is -1.90. The summed E-state index contributed by atoms with van der Waals surface area (Å²) < 4.78 is 0. The van der Waals surface area contributed by atoms with Crippen molar-refractivity contribution in [1.29, 1.82) is 0 Å². The van der Waals surface area contributed by atoms with Gasteiger partial charge in [0.15, 0.2) is 0 Å². The molecule has 0 aliphatic heterocycles. The van der Waals surface area contributed by atoms with Crippen molar-refractivity contribution in [1.82, 2.24) is 9.80 Å². The molecule has 0 fully saturated rings. The van der Waals surface area contributed by atoms with Crippen molar-refractivity contribution in [2.24, 2.45) is 0 Å². The molecule has 0 aromatic heterocycles. The first-order valence-corrected chi connectivity index (χ1v) is 7.68. The first kappa shape index (κ1) is 16.5. The van der Waals surface area contributed by atoms with Crippen LogP contribution in [0.2, 0.25) is 0 Å². The molecule has 0 unspecified atom stereocenters. The lowest BCUT2D eigenvalue weighted by Crippen LogP contribution is -2.10. The Kier molecular flexibility index (Phi) is 5.93. The summed E-state index contributed by atoms with van der Waals surface area (Å²) in [6, 6.07) is 17.5. The molecule has 116 valence electrons. The second-order valence-electron chi connectivity index (χ2n) is 6.29. The lowest BCUT2D eigenvalue weighted by molar-refractivity contribution is 0.402. The monoisotopic (exact) mass is 294 g/mol. The second-order valence-corrected chi connectivity index (χ2v) is 6.29. The molecule has 2 heteroatoms. The van der Waals surface area contributed by atoms with Crippen molar-refractivity contribution in [2.75, 3.05) is 28.2 Å². The van der Waals surface area contributed by atoms with Gasteiger partial charge in [-0.3, -0.25) is 0 Å². The summed E-state index contributed by atoms with van der Waals surface area (Å²) in [5.74, 6) is 0. The fourth-order valence-corrected chi connectivity index (χ4v) is 2.39. The third-order valence-corrected chi connectivity index (χ3v) is 3.43. The van der Waals surface area contributed by atoms with Gasteiger partial charge in [0.2, 0.25) is 0 Å². The highest BCUT2D eigenvalue weighted by molar-refractivity contribution is 5.69. The van der Waals surface area contributed by atoms with Crippen LogP contribution in [0.3, 0.4) is 0 Å². The van der Waals surface area contributed by atoms with Gasteiger partial charge in [0, 0.05) is 13.1 Å². The van der Waals surface area contributed by atoms with Gasteiger partial charge in [-0.25, -0.2) is 0 Å². The van der Waals surface area contributed by atoms with Gasteiger partial charge in [-0.15, -0.1) is 0 Å². The van der Waals surface area contributed by atoms with E-state index in [-0.39, 0.29) is 0 Å². The summed E-state index contributed by atoms with van der Waals surface area (Å²) in [6.07, 6.45) is 4.33. The first-order chi connectivity index (χ1) is 10.5. The molecule has 0 saturated heterocycles. The minimum absolute atomic E-state index is 0.983. The molecule has 2 nitrogen and oxygen atoms in total. The van der Waals surface area contributed by atoms with Crippen LogP contribution < -0.4 is 0 Å². The Bertz CT molecular complexity index is 537. The molecular weight excluding hydrogens is 268 g/mol. The van der Waals surface area contributed by atoms with Gasteiger partial charge in [-0.1, -0.05) is 60.7 Å². The molecule has 0 spiro atoms. The second kappa shape index (κ2) is 7.92. The molecular formula is C20H26N2. The minimum Gasteiger partial charge on any atom is -0.305 e. The fourth-order valence-electron chi connectivity index (χ4n) is 2.39. The van der Waals surface area contributed by atoms with Crippen LogP contribution in [0.15, 0.2) is 48.5 Å². The SMILES string of the molecule is CN(C)Cc1ccc(/C=C\c2ccc(CN(C)C)cc2)cc1. The van der Waals surface area contributed by atoms with E-state index < -0.39 is 0 Å². The molecule has 2 aromatic carbocycles. The van der Waals surface area contributed by atoms with Crippen molar-refractivity contribution in [2.45, 2.75) is 13.1 Å². The summed E-state index contributed by atoms with van der Waals surface area (Å²) in [5, 5.41) is 0. The minimum atomic E-state index is 0.983. The van der Waals surface area contributed by atoms with E-state index in [9.17, 15) is 0 Å². The topological polar surface area (TPSA) is 6.48 Å². The zero-order valence-electron chi connectivity index (χ0n) is 14.1. The van der Waals surface area contributed by atoms with Crippen molar-refractivity contribution in [3.05, 3.63) is 70.8 Å².